The van der Waals surface area contributed by atoms with Crippen LogP contribution in [0.1, 0.15) is 0 Å². The smallest absolute Gasteiger partial charge is 0.162 e. The highest BCUT2D eigenvalue weighted by Gasteiger charge is 2.33. The SMILES string of the molecule is c1ccc(-c2cc(-c3ccccc3)nc(-c3ccc(N4c5ccccc5N(c5cc(-c6ccccc6)nc(-c6ccccc6)n5)c5ccccc54)c(-c4cc(-c5ccccc5)nc(-c5ccccc5)n4)c3)n2)cc1. The Morgan fingerprint density at radius 3 is 0.932 bits per heavy atom. The van der Waals surface area contributed by atoms with Gasteiger partial charge in [0.2, 0.25) is 0 Å². The first kappa shape index (κ1) is 43.8. The number of hydrogen-bond acceptors (Lipinski definition) is 8. The molecule has 0 saturated carbocycles. The van der Waals surface area contributed by atoms with E-state index in [0.717, 1.165) is 107 Å². The van der Waals surface area contributed by atoms with Gasteiger partial charge in [0.1, 0.15) is 5.82 Å². The highest BCUT2D eigenvalue weighted by molar-refractivity contribution is 6.04. The lowest BCUT2D eigenvalue weighted by Gasteiger charge is -2.40. The summed E-state index contributed by atoms with van der Waals surface area (Å²) in [6, 6.07) is 91.4. The minimum atomic E-state index is 0.594. The zero-order valence-electron chi connectivity index (χ0n) is 40.0. The first-order valence-electron chi connectivity index (χ1n) is 24.6. The molecule has 0 N–H and O–H groups in total. The molecule has 8 nitrogen and oxygen atoms in total. The van der Waals surface area contributed by atoms with E-state index >= 15 is 0 Å². The standard InChI is InChI=1S/C66H44N8/c1-7-23-45(24-8-1)53-42-54(46-25-9-2-10-26-46)69-66(68-53)51-39-40-58(52(41-51)57-43-55(47-27-11-3-12-28-47)67-64(71-57)49-31-15-5-16-32-49)73-59-35-19-21-37-61(59)74(62-38-22-20-36-60(62)73)63-44-56(48-29-13-4-14-30-48)70-65(72-63)50-33-17-6-18-34-50/h1-44H. The second-order valence-corrected chi connectivity index (χ2v) is 17.9. The molecule has 3 aromatic heterocycles. The molecule has 13 rings (SSSR count). The van der Waals surface area contributed by atoms with Crippen molar-refractivity contribution in [1.82, 2.24) is 29.9 Å². The third-order valence-electron chi connectivity index (χ3n) is 13.2. The summed E-state index contributed by atoms with van der Waals surface area (Å²) in [5.41, 5.74) is 16.3. The number of nitrogens with zero attached hydrogens (tertiary/aromatic N) is 8. The molecule has 0 bridgehead atoms. The fourth-order valence-electron chi connectivity index (χ4n) is 9.70. The lowest BCUT2D eigenvalue weighted by molar-refractivity contribution is 1.09. The van der Waals surface area contributed by atoms with E-state index in [-0.39, 0.29) is 0 Å². The molecule has 1 aliphatic rings. The maximum Gasteiger partial charge on any atom is 0.162 e. The number of hydrogen-bond donors (Lipinski definition) is 0. The maximum absolute atomic E-state index is 5.47. The summed E-state index contributed by atoms with van der Waals surface area (Å²) in [4.78, 5) is 36.4. The first-order valence-corrected chi connectivity index (χ1v) is 24.6. The number of rotatable bonds is 10. The van der Waals surface area contributed by atoms with E-state index in [9.17, 15) is 0 Å². The Balaban J connectivity index is 1.05. The Hall–Kier alpha value is -10.2. The molecule has 0 spiro atoms. The van der Waals surface area contributed by atoms with Crippen molar-refractivity contribution in [3.63, 3.8) is 0 Å². The highest BCUT2D eigenvalue weighted by atomic mass is 15.3. The van der Waals surface area contributed by atoms with Crippen molar-refractivity contribution in [1.29, 1.82) is 0 Å². The third kappa shape index (κ3) is 8.42. The molecule has 348 valence electrons. The summed E-state index contributed by atoms with van der Waals surface area (Å²) < 4.78 is 0. The van der Waals surface area contributed by atoms with Crippen LogP contribution >= 0.6 is 0 Å². The summed E-state index contributed by atoms with van der Waals surface area (Å²) in [5, 5.41) is 0. The van der Waals surface area contributed by atoms with Gasteiger partial charge in [0.25, 0.3) is 0 Å². The predicted octanol–water partition coefficient (Wildman–Crippen LogP) is 16.6. The van der Waals surface area contributed by atoms with Gasteiger partial charge < -0.3 is 4.90 Å². The molecule has 0 unspecified atom stereocenters. The first-order chi connectivity index (χ1) is 36.7. The van der Waals surface area contributed by atoms with Crippen molar-refractivity contribution >= 4 is 34.3 Å². The van der Waals surface area contributed by atoms with Crippen molar-refractivity contribution in [2.24, 2.45) is 0 Å². The van der Waals surface area contributed by atoms with Crippen molar-refractivity contribution < 1.29 is 0 Å². The van der Waals surface area contributed by atoms with E-state index in [4.69, 9.17) is 29.9 Å². The monoisotopic (exact) mass is 948 g/mol. The molecule has 0 radical (unpaired) electrons. The van der Waals surface area contributed by atoms with Crippen molar-refractivity contribution in [3.8, 4) is 90.5 Å². The van der Waals surface area contributed by atoms with Crippen LogP contribution in [0.2, 0.25) is 0 Å². The van der Waals surface area contributed by atoms with Crippen molar-refractivity contribution in [2.45, 2.75) is 0 Å². The van der Waals surface area contributed by atoms with Gasteiger partial charge in [-0.3, -0.25) is 4.90 Å². The van der Waals surface area contributed by atoms with Gasteiger partial charge in [0, 0.05) is 50.6 Å². The zero-order valence-corrected chi connectivity index (χ0v) is 40.0. The Labute approximate surface area is 429 Å². The predicted molar refractivity (Wildman–Crippen MR) is 300 cm³/mol. The summed E-state index contributed by atoms with van der Waals surface area (Å²) in [6.07, 6.45) is 0. The van der Waals surface area contributed by atoms with Crippen molar-refractivity contribution in [3.05, 3.63) is 267 Å². The second kappa shape index (κ2) is 19.2. The summed E-state index contributed by atoms with van der Waals surface area (Å²) >= 11 is 0. The molecule has 0 saturated heterocycles. The van der Waals surface area contributed by atoms with E-state index in [2.05, 4.69) is 168 Å². The molecule has 0 aliphatic carbocycles. The van der Waals surface area contributed by atoms with E-state index < -0.39 is 0 Å². The molecular weight excluding hydrogens is 905 g/mol. The quantitative estimate of drug-likeness (QED) is 0.134. The molecule has 4 heterocycles. The molecule has 0 fully saturated rings. The van der Waals surface area contributed by atoms with Crippen LogP contribution in [0.5, 0.6) is 0 Å². The molecular formula is C66H44N8. The molecule has 0 atom stereocenters. The number of benzene rings is 9. The maximum atomic E-state index is 5.47. The summed E-state index contributed by atoms with van der Waals surface area (Å²) in [5.74, 6) is 2.59. The van der Waals surface area contributed by atoms with E-state index in [1.165, 1.54) is 0 Å². The molecule has 9 aromatic carbocycles. The lowest BCUT2D eigenvalue weighted by atomic mass is 9.98. The Morgan fingerprint density at radius 1 is 0.203 bits per heavy atom. The Bertz CT molecular complexity index is 3730. The zero-order chi connectivity index (χ0) is 49.2. The van der Waals surface area contributed by atoms with Gasteiger partial charge in [-0.1, -0.05) is 206 Å². The fourth-order valence-corrected chi connectivity index (χ4v) is 9.70. The van der Waals surface area contributed by atoms with E-state index in [1.54, 1.807) is 0 Å². The topological polar surface area (TPSA) is 83.8 Å². The largest absolute Gasteiger partial charge is 0.306 e. The average molecular weight is 949 g/mol. The third-order valence-corrected chi connectivity index (χ3v) is 13.2. The van der Waals surface area contributed by atoms with Crippen LogP contribution in [0, 0.1) is 0 Å². The molecule has 8 heteroatoms. The molecule has 12 aromatic rings. The van der Waals surface area contributed by atoms with Crippen LogP contribution < -0.4 is 9.80 Å². The van der Waals surface area contributed by atoms with Crippen LogP contribution in [0.4, 0.5) is 34.3 Å². The molecule has 1 aliphatic heterocycles. The van der Waals surface area contributed by atoms with Gasteiger partial charge >= 0.3 is 0 Å². The minimum Gasteiger partial charge on any atom is -0.306 e. The molecule has 0 amide bonds. The summed E-state index contributed by atoms with van der Waals surface area (Å²) in [6.45, 7) is 0. The fraction of sp³-hybridized carbons (Fsp3) is 0. The second-order valence-electron chi connectivity index (χ2n) is 17.9. The minimum absolute atomic E-state index is 0.594. The van der Waals surface area contributed by atoms with Crippen LogP contribution in [-0.2, 0) is 0 Å². The van der Waals surface area contributed by atoms with Gasteiger partial charge in [-0.2, -0.15) is 0 Å². The van der Waals surface area contributed by atoms with Crippen LogP contribution in [0.3, 0.4) is 0 Å². The van der Waals surface area contributed by atoms with Gasteiger partial charge in [-0.25, -0.2) is 29.9 Å². The van der Waals surface area contributed by atoms with Gasteiger partial charge in [0.15, 0.2) is 17.5 Å². The normalized spacial score (nSPS) is 11.7. The Kier molecular flexibility index (Phi) is 11.4. The van der Waals surface area contributed by atoms with E-state index in [0.29, 0.717) is 17.5 Å². The van der Waals surface area contributed by atoms with Crippen LogP contribution in [0.25, 0.3) is 90.5 Å². The molecule has 74 heavy (non-hydrogen) atoms. The highest BCUT2D eigenvalue weighted by Crippen LogP contribution is 2.56. The number of aromatic nitrogens is 6. The van der Waals surface area contributed by atoms with Gasteiger partial charge in [-0.05, 0) is 54.6 Å². The number of anilines is 6. The Morgan fingerprint density at radius 2 is 0.514 bits per heavy atom. The van der Waals surface area contributed by atoms with Crippen LogP contribution in [-0.4, -0.2) is 29.9 Å². The average Bonchev–Trinajstić information content (AvgIpc) is 3.49. The van der Waals surface area contributed by atoms with E-state index in [1.807, 2.05) is 109 Å². The van der Waals surface area contributed by atoms with Crippen LogP contribution in [0.15, 0.2) is 267 Å². The van der Waals surface area contributed by atoms with Crippen molar-refractivity contribution in [2.75, 3.05) is 9.80 Å². The van der Waals surface area contributed by atoms with Gasteiger partial charge in [-0.15, -0.1) is 0 Å². The van der Waals surface area contributed by atoms with Gasteiger partial charge in [0.05, 0.1) is 56.9 Å². The number of para-hydroxylation sites is 4. The summed E-state index contributed by atoms with van der Waals surface area (Å²) in [7, 11) is 0. The number of fused-ring (bicyclic) bond motifs is 2. The lowest BCUT2D eigenvalue weighted by Crippen LogP contribution is -2.25.